The van der Waals surface area contributed by atoms with Crippen LogP contribution in [0.3, 0.4) is 0 Å². The van der Waals surface area contributed by atoms with E-state index in [1.165, 1.54) is 42.5 Å². The molecule has 0 radical (unpaired) electrons. The van der Waals surface area contributed by atoms with E-state index in [1.807, 2.05) is 6.92 Å². The largest absolute Gasteiger partial charge is 0.494 e. The molecule has 0 aliphatic rings. The molecule has 0 aliphatic carbocycles. The summed E-state index contributed by atoms with van der Waals surface area (Å²) >= 11 is 1.55. The van der Waals surface area contributed by atoms with Crippen LogP contribution in [-0.4, -0.2) is 39.8 Å². The Kier molecular flexibility index (Phi) is 10.1. The van der Waals surface area contributed by atoms with Crippen LogP contribution in [0.1, 0.15) is 18.9 Å². The number of amides is 1. The first-order valence-electron chi connectivity index (χ1n) is 11.4. The Bertz CT molecular complexity index is 1240. The molecule has 0 saturated carbocycles. The summed E-state index contributed by atoms with van der Waals surface area (Å²) in [6, 6.07) is 17.4. The van der Waals surface area contributed by atoms with Gasteiger partial charge in [0.15, 0.2) is 0 Å². The molecule has 6 nitrogen and oxygen atoms in total. The number of carbonyl (C=O) groups is 1. The van der Waals surface area contributed by atoms with E-state index in [4.69, 9.17) is 4.74 Å². The number of hydrogen-bond acceptors (Lipinski definition) is 5. The number of nitrogens with one attached hydrogen (secondary N) is 1. The second-order valence-corrected chi connectivity index (χ2v) is 10.7. The average Bonchev–Trinajstić information content (AvgIpc) is 2.87. The van der Waals surface area contributed by atoms with Crippen molar-refractivity contribution in [3.8, 4) is 5.75 Å². The molecular formula is C26H28F2N2O4S2. The Labute approximate surface area is 214 Å². The van der Waals surface area contributed by atoms with Crippen molar-refractivity contribution in [3.63, 3.8) is 0 Å². The normalized spacial score (nSPS) is 11.2. The Morgan fingerprint density at radius 3 is 2.36 bits per heavy atom. The summed E-state index contributed by atoms with van der Waals surface area (Å²) in [6.07, 6.45) is 0.632. The summed E-state index contributed by atoms with van der Waals surface area (Å²) in [4.78, 5) is 12.6. The Morgan fingerprint density at radius 1 is 1.00 bits per heavy atom. The number of thioether (sulfide) groups is 1. The van der Waals surface area contributed by atoms with Crippen molar-refractivity contribution in [2.45, 2.75) is 24.0 Å². The van der Waals surface area contributed by atoms with Gasteiger partial charge in [-0.05, 0) is 79.3 Å². The number of carbonyl (C=O) groups excluding carboxylic acids is 1. The first-order chi connectivity index (χ1) is 17.3. The van der Waals surface area contributed by atoms with Gasteiger partial charge in [-0.1, -0.05) is 18.2 Å². The highest BCUT2D eigenvalue weighted by Gasteiger charge is 2.27. The summed E-state index contributed by atoms with van der Waals surface area (Å²) in [5, 5.41) is 2.73. The van der Waals surface area contributed by atoms with Crippen molar-refractivity contribution in [1.29, 1.82) is 0 Å². The quantitative estimate of drug-likeness (QED) is 0.313. The average molecular weight is 535 g/mol. The third-order valence-electron chi connectivity index (χ3n) is 5.13. The Hall–Kier alpha value is -3.11. The SMILES string of the molecule is CCOc1ccc(S(=O)(=O)N(CC(=O)NCCCSCc2ccccc2F)c2ccc(F)cc2)cc1. The molecule has 192 valence electrons. The van der Waals surface area contributed by atoms with Crippen LogP contribution in [0.5, 0.6) is 5.75 Å². The monoisotopic (exact) mass is 534 g/mol. The summed E-state index contributed by atoms with van der Waals surface area (Å²) in [6.45, 7) is 2.13. The van der Waals surface area contributed by atoms with Gasteiger partial charge < -0.3 is 10.1 Å². The highest BCUT2D eigenvalue weighted by atomic mass is 32.2. The molecule has 0 saturated heterocycles. The maximum atomic E-state index is 13.7. The van der Waals surface area contributed by atoms with Crippen molar-refractivity contribution < 1.29 is 26.7 Å². The zero-order valence-electron chi connectivity index (χ0n) is 19.8. The molecule has 0 unspecified atom stereocenters. The van der Waals surface area contributed by atoms with E-state index in [-0.39, 0.29) is 16.4 Å². The minimum atomic E-state index is -4.11. The van der Waals surface area contributed by atoms with Crippen molar-refractivity contribution in [1.82, 2.24) is 5.32 Å². The first-order valence-corrected chi connectivity index (χ1v) is 14.0. The number of halogens is 2. The molecule has 0 spiro atoms. The van der Waals surface area contributed by atoms with Crippen LogP contribution in [-0.2, 0) is 20.6 Å². The predicted molar refractivity (Wildman–Crippen MR) is 139 cm³/mol. The minimum Gasteiger partial charge on any atom is -0.494 e. The lowest BCUT2D eigenvalue weighted by molar-refractivity contribution is -0.119. The smallest absolute Gasteiger partial charge is 0.264 e. The van der Waals surface area contributed by atoms with Crippen LogP contribution in [0.4, 0.5) is 14.5 Å². The molecule has 0 bridgehead atoms. The Morgan fingerprint density at radius 2 is 1.69 bits per heavy atom. The van der Waals surface area contributed by atoms with E-state index in [0.29, 0.717) is 42.4 Å². The molecule has 0 heterocycles. The van der Waals surface area contributed by atoms with Crippen LogP contribution in [0, 0.1) is 11.6 Å². The lowest BCUT2D eigenvalue weighted by Gasteiger charge is -2.24. The van der Waals surface area contributed by atoms with Crippen LogP contribution >= 0.6 is 11.8 Å². The standard InChI is InChI=1S/C26H28F2N2O4S2/c1-2-34-23-12-14-24(15-13-23)36(32,33)30(22-10-8-21(27)9-11-22)18-26(31)29-16-5-17-35-19-20-6-3-4-7-25(20)28/h3-4,6-15H,2,5,16-19H2,1H3,(H,29,31). The number of nitrogens with zero attached hydrogens (tertiary/aromatic N) is 1. The first kappa shape index (κ1) is 27.5. The molecule has 3 aromatic carbocycles. The van der Waals surface area contributed by atoms with Gasteiger partial charge in [0.1, 0.15) is 23.9 Å². The molecule has 10 heteroatoms. The van der Waals surface area contributed by atoms with Crippen LogP contribution in [0.25, 0.3) is 0 Å². The summed E-state index contributed by atoms with van der Waals surface area (Å²) < 4.78 is 60.2. The predicted octanol–water partition coefficient (Wildman–Crippen LogP) is 5.00. The zero-order valence-corrected chi connectivity index (χ0v) is 21.5. The van der Waals surface area contributed by atoms with Crippen molar-refractivity contribution in [2.75, 3.05) is 29.8 Å². The van der Waals surface area contributed by atoms with Crippen molar-refractivity contribution >= 4 is 33.4 Å². The van der Waals surface area contributed by atoms with Gasteiger partial charge >= 0.3 is 0 Å². The van der Waals surface area contributed by atoms with Gasteiger partial charge in [0.2, 0.25) is 5.91 Å². The molecule has 3 aromatic rings. The molecule has 36 heavy (non-hydrogen) atoms. The molecular weight excluding hydrogens is 506 g/mol. The van der Waals surface area contributed by atoms with Gasteiger partial charge in [-0.15, -0.1) is 0 Å². The fraction of sp³-hybridized carbons (Fsp3) is 0.269. The van der Waals surface area contributed by atoms with Crippen LogP contribution in [0.15, 0.2) is 77.7 Å². The number of ether oxygens (including phenoxy) is 1. The third-order valence-corrected chi connectivity index (χ3v) is 8.01. The number of sulfonamides is 1. The van der Waals surface area contributed by atoms with Gasteiger partial charge in [-0.25, -0.2) is 17.2 Å². The lowest BCUT2D eigenvalue weighted by atomic mass is 10.2. The minimum absolute atomic E-state index is 0.0207. The summed E-state index contributed by atoms with van der Waals surface area (Å²) in [5.74, 6) is 0.492. The molecule has 1 N–H and O–H groups in total. The lowest BCUT2D eigenvalue weighted by Crippen LogP contribution is -2.41. The fourth-order valence-electron chi connectivity index (χ4n) is 3.31. The van der Waals surface area contributed by atoms with Gasteiger partial charge in [-0.2, -0.15) is 11.8 Å². The number of hydrogen-bond donors (Lipinski definition) is 1. The van der Waals surface area contributed by atoms with Crippen molar-refractivity contribution in [2.24, 2.45) is 0 Å². The second-order valence-electron chi connectivity index (χ2n) is 7.74. The van der Waals surface area contributed by atoms with Gasteiger partial charge in [-0.3, -0.25) is 9.10 Å². The van der Waals surface area contributed by atoms with E-state index < -0.39 is 28.3 Å². The number of anilines is 1. The molecule has 1 amide bonds. The second kappa shape index (κ2) is 13.3. The fourth-order valence-corrected chi connectivity index (χ4v) is 5.68. The maximum absolute atomic E-state index is 13.7. The topological polar surface area (TPSA) is 75.7 Å². The molecule has 0 fully saturated rings. The maximum Gasteiger partial charge on any atom is 0.264 e. The van der Waals surface area contributed by atoms with Gasteiger partial charge in [0.05, 0.1) is 17.2 Å². The molecule has 0 atom stereocenters. The summed E-state index contributed by atoms with van der Waals surface area (Å²) in [7, 11) is -4.11. The van der Waals surface area contributed by atoms with Gasteiger partial charge in [0, 0.05) is 12.3 Å². The molecule has 3 rings (SSSR count). The molecule has 0 aromatic heterocycles. The van der Waals surface area contributed by atoms with E-state index in [0.717, 1.165) is 16.4 Å². The van der Waals surface area contributed by atoms with Gasteiger partial charge in [0.25, 0.3) is 10.0 Å². The van der Waals surface area contributed by atoms with E-state index in [9.17, 15) is 22.0 Å². The zero-order chi connectivity index (χ0) is 26.0. The summed E-state index contributed by atoms with van der Waals surface area (Å²) in [5.41, 5.74) is 0.793. The number of rotatable bonds is 13. The van der Waals surface area contributed by atoms with Crippen LogP contribution in [0.2, 0.25) is 0 Å². The van der Waals surface area contributed by atoms with Crippen molar-refractivity contribution in [3.05, 3.63) is 90.0 Å². The highest BCUT2D eigenvalue weighted by Crippen LogP contribution is 2.25. The van der Waals surface area contributed by atoms with Crippen LogP contribution < -0.4 is 14.4 Å². The van der Waals surface area contributed by atoms with E-state index in [1.54, 1.807) is 30.0 Å². The third kappa shape index (κ3) is 7.69. The molecule has 0 aliphatic heterocycles. The highest BCUT2D eigenvalue weighted by molar-refractivity contribution is 7.98. The number of benzene rings is 3. The Balaban J connectivity index is 1.60. The van der Waals surface area contributed by atoms with E-state index in [2.05, 4.69) is 5.32 Å². The van der Waals surface area contributed by atoms with E-state index >= 15 is 0 Å².